The van der Waals surface area contributed by atoms with Crippen molar-refractivity contribution in [2.45, 2.75) is 88.6 Å². The zero-order chi connectivity index (χ0) is 29.1. The number of anilines is 1. The number of hydrogen-bond donors (Lipinski definition) is 3. The Hall–Kier alpha value is -2.63. The molecule has 40 heavy (non-hydrogen) atoms. The summed E-state index contributed by atoms with van der Waals surface area (Å²) in [5.74, 6) is -1.56. The maximum Gasteiger partial charge on any atom is 0.445 e. The van der Waals surface area contributed by atoms with Crippen LogP contribution in [-0.4, -0.2) is 34.0 Å². The van der Waals surface area contributed by atoms with E-state index >= 15 is 0 Å². The number of rotatable bonds is 9. The molecule has 0 spiro atoms. The Morgan fingerprint density at radius 3 is 2.25 bits per heavy atom. The molecule has 1 saturated carbocycles. The van der Waals surface area contributed by atoms with Crippen molar-refractivity contribution in [3.63, 3.8) is 0 Å². The molecule has 2 atom stereocenters. The second-order valence-electron chi connectivity index (χ2n) is 11.6. The van der Waals surface area contributed by atoms with Gasteiger partial charge in [-0.15, -0.1) is 10.2 Å². The molecule has 11 heteroatoms. The summed E-state index contributed by atoms with van der Waals surface area (Å²) in [6.45, 7) is 6.56. The second kappa shape index (κ2) is 12.1. The molecule has 1 aromatic heterocycles. The van der Waals surface area contributed by atoms with Gasteiger partial charge in [0.1, 0.15) is 11.6 Å². The molecule has 5 nitrogen and oxygen atoms in total. The van der Waals surface area contributed by atoms with Gasteiger partial charge in [-0.05, 0) is 53.5 Å². The SMILES string of the molecule is CC(C)(C)c1cccc(C2(NCC(O)C(Cc3cc(F)cc(F)c3)Nc3nnc(C(F)(F)F)s3)CCCCC2)c1. The first-order valence-corrected chi connectivity index (χ1v) is 14.2. The monoisotopic (exact) mass is 582 g/mol. The summed E-state index contributed by atoms with van der Waals surface area (Å²) >= 11 is 0.311. The summed E-state index contributed by atoms with van der Waals surface area (Å²) in [7, 11) is 0. The average molecular weight is 583 g/mol. The number of hydrogen-bond acceptors (Lipinski definition) is 6. The number of aliphatic hydroxyl groups excluding tert-OH is 1. The van der Waals surface area contributed by atoms with Crippen LogP contribution in [0.5, 0.6) is 0 Å². The normalized spacial score (nSPS) is 17.4. The van der Waals surface area contributed by atoms with Crippen molar-refractivity contribution in [1.29, 1.82) is 0 Å². The highest BCUT2D eigenvalue weighted by atomic mass is 32.1. The van der Waals surface area contributed by atoms with E-state index in [4.69, 9.17) is 0 Å². The van der Waals surface area contributed by atoms with E-state index in [1.54, 1.807) is 0 Å². The number of nitrogens with zero attached hydrogens (tertiary/aromatic N) is 2. The number of aromatic nitrogens is 2. The smallest absolute Gasteiger partial charge is 0.390 e. The molecular formula is C29H35F5N4OS. The average Bonchev–Trinajstić information content (AvgIpc) is 3.36. The van der Waals surface area contributed by atoms with E-state index in [0.717, 1.165) is 55.9 Å². The van der Waals surface area contributed by atoms with Gasteiger partial charge in [0.05, 0.1) is 12.1 Å². The molecule has 4 rings (SSSR count). The van der Waals surface area contributed by atoms with Crippen LogP contribution in [0.1, 0.15) is 74.6 Å². The lowest BCUT2D eigenvalue weighted by atomic mass is 9.74. The predicted molar refractivity (Wildman–Crippen MR) is 146 cm³/mol. The van der Waals surface area contributed by atoms with Crippen LogP contribution in [-0.2, 0) is 23.6 Å². The van der Waals surface area contributed by atoms with Crippen LogP contribution in [0.15, 0.2) is 42.5 Å². The van der Waals surface area contributed by atoms with Gasteiger partial charge in [-0.2, -0.15) is 13.2 Å². The molecule has 0 aliphatic heterocycles. The Kier molecular flexibility index (Phi) is 9.16. The molecule has 1 heterocycles. The van der Waals surface area contributed by atoms with Gasteiger partial charge in [0, 0.05) is 18.2 Å². The molecule has 1 fully saturated rings. The third-order valence-corrected chi connectivity index (χ3v) is 8.36. The minimum atomic E-state index is -4.66. The molecular weight excluding hydrogens is 547 g/mol. The van der Waals surface area contributed by atoms with Gasteiger partial charge in [-0.1, -0.05) is 75.6 Å². The number of benzene rings is 2. The summed E-state index contributed by atoms with van der Waals surface area (Å²) in [6.07, 6.45) is -0.972. The molecule has 2 aromatic carbocycles. The fraction of sp³-hybridized carbons (Fsp3) is 0.517. The molecule has 0 amide bonds. The van der Waals surface area contributed by atoms with E-state index in [-0.39, 0.29) is 34.6 Å². The topological polar surface area (TPSA) is 70.1 Å². The zero-order valence-corrected chi connectivity index (χ0v) is 23.6. The van der Waals surface area contributed by atoms with Crippen LogP contribution in [0.2, 0.25) is 0 Å². The minimum Gasteiger partial charge on any atom is -0.390 e. The Morgan fingerprint density at radius 2 is 1.65 bits per heavy atom. The molecule has 0 radical (unpaired) electrons. The predicted octanol–water partition coefficient (Wildman–Crippen LogP) is 6.97. The van der Waals surface area contributed by atoms with E-state index in [9.17, 15) is 27.1 Å². The highest BCUT2D eigenvalue weighted by Gasteiger charge is 2.37. The number of aliphatic hydroxyl groups is 1. The Morgan fingerprint density at radius 1 is 0.975 bits per heavy atom. The highest BCUT2D eigenvalue weighted by Crippen LogP contribution is 2.39. The maximum atomic E-state index is 13.9. The lowest BCUT2D eigenvalue weighted by Crippen LogP contribution is -2.50. The molecule has 0 bridgehead atoms. The van der Waals surface area contributed by atoms with E-state index in [2.05, 4.69) is 59.8 Å². The second-order valence-corrected chi connectivity index (χ2v) is 12.5. The Bertz CT molecular complexity index is 1260. The molecule has 2 unspecified atom stereocenters. The van der Waals surface area contributed by atoms with E-state index in [0.29, 0.717) is 11.3 Å². The summed E-state index contributed by atoms with van der Waals surface area (Å²) in [4.78, 5) is 0. The molecule has 0 saturated heterocycles. The van der Waals surface area contributed by atoms with Crippen LogP contribution in [0.3, 0.4) is 0 Å². The summed E-state index contributed by atoms with van der Waals surface area (Å²) < 4.78 is 67.1. The van der Waals surface area contributed by atoms with Crippen LogP contribution in [0.25, 0.3) is 0 Å². The largest absolute Gasteiger partial charge is 0.445 e. The summed E-state index contributed by atoms with van der Waals surface area (Å²) in [5, 5.41) is 23.3. The quantitative estimate of drug-likeness (QED) is 0.238. The van der Waals surface area contributed by atoms with Crippen LogP contribution >= 0.6 is 11.3 Å². The van der Waals surface area contributed by atoms with Crippen molar-refractivity contribution in [2.75, 3.05) is 11.9 Å². The summed E-state index contributed by atoms with van der Waals surface area (Å²) in [6, 6.07) is 10.6. The van der Waals surface area contributed by atoms with Crippen molar-refractivity contribution in [3.8, 4) is 0 Å². The van der Waals surface area contributed by atoms with Crippen molar-refractivity contribution in [2.24, 2.45) is 0 Å². The molecule has 218 valence electrons. The third-order valence-electron chi connectivity index (χ3n) is 7.46. The molecule has 1 aliphatic rings. The lowest BCUT2D eigenvalue weighted by Gasteiger charge is -2.41. The fourth-order valence-corrected chi connectivity index (χ4v) is 5.94. The minimum absolute atomic E-state index is 0.0440. The van der Waals surface area contributed by atoms with Crippen LogP contribution in [0, 0.1) is 11.6 Å². The standard InChI is InChI=1S/C29H35F5N4OS/c1-27(2,3)19-8-7-9-20(15-19)28(10-5-4-6-11-28)35-17-24(39)23(14-18-12-21(30)16-22(31)13-18)36-26-38-37-25(40-26)29(32,33)34/h7-9,12-13,15-16,23-24,35,39H,4-6,10-11,14,17H2,1-3H3,(H,36,38). The van der Waals surface area contributed by atoms with Crippen molar-refractivity contribution in [3.05, 3.63) is 75.8 Å². The first-order valence-electron chi connectivity index (χ1n) is 13.4. The molecule has 3 aromatic rings. The van der Waals surface area contributed by atoms with Crippen LogP contribution < -0.4 is 10.6 Å². The first-order chi connectivity index (χ1) is 18.7. The van der Waals surface area contributed by atoms with E-state index in [1.165, 1.54) is 5.56 Å². The van der Waals surface area contributed by atoms with E-state index < -0.39 is 35.0 Å². The Labute approximate surface area is 235 Å². The van der Waals surface area contributed by atoms with Crippen LogP contribution in [0.4, 0.5) is 27.1 Å². The van der Waals surface area contributed by atoms with Gasteiger partial charge in [0.15, 0.2) is 0 Å². The van der Waals surface area contributed by atoms with Gasteiger partial charge in [0.2, 0.25) is 10.1 Å². The fourth-order valence-electron chi connectivity index (χ4n) is 5.27. The number of alkyl halides is 3. The number of halogens is 5. The molecule has 3 N–H and O–H groups in total. The lowest BCUT2D eigenvalue weighted by molar-refractivity contribution is -0.138. The Balaban J connectivity index is 1.58. The van der Waals surface area contributed by atoms with Crippen molar-refractivity contribution < 1.29 is 27.1 Å². The van der Waals surface area contributed by atoms with Gasteiger partial charge < -0.3 is 15.7 Å². The highest BCUT2D eigenvalue weighted by molar-refractivity contribution is 7.15. The van der Waals surface area contributed by atoms with Gasteiger partial charge in [0.25, 0.3) is 0 Å². The number of nitrogens with one attached hydrogen (secondary N) is 2. The summed E-state index contributed by atoms with van der Waals surface area (Å²) in [5.41, 5.74) is 2.14. The van der Waals surface area contributed by atoms with Gasteiger partial charge in [-0.3, -0.25) is 0 Å². The van der Waals surface area contributed by atoms with Crippen molar-refractivity contribution >= 4 is 16.5 Å². The van der Waals surface area contributed by atoms with Crippen molar-refractivity contribution in [1.82, 2.24) is 15.5 Å². The van der Waals surface area contributed by atoms with E-state index in [1.807, 2.05) is 6.07 Å². The maximum absolute atomic E-state index is 13.9. The first kappa shape index (κ1) is 30.3. The van der Waals surface area contributed by atoms with Gasteiger partial charge in [-0.25, -0.2) is 8.78 Å². The van der Waals surface area contributed by atoms with Gasteiger partial charge >= 0.3 is 6.18 Å². The third kappa shape index (κ3) is 7.55. The zero-order valence-electron chi connectivity index (χ0n) is 22.8. The molecule has 1 aliphatic carbocycles.